The van der Waals surface area contributed by atoms with Crippen molar-refractivity contribution in [3.05, 3.63) is 63.9 Å². The first-order valence-corrected chi connectivity index (χ1v) is 6.30. The van der Waals surface area contributed by atoms with E-state index in [0.29, 0.717) is 24.3 Å². The molecule has 1 N–H and O–H groups in total. The third-order valence-corrected chi connectivity index (χ3v) is 3.10. The number of anilines is 1. The molecule has 0 radical (unpaired) electrons. The maximum absolute atomic E-state index is 13.1. The summed E-state index contributed by atoms with van der Waals surface area (Å²) in [5.41, 5.74) is -2.44. The molecule has 2 aromatic rings. The summed E-state index contributed by atoms with van der Waals surface area (Å²) in [7, 11) is 0. The van der Waals surface area contributed by atoms with Crippen LogP contribution in [0.2, 0.25) is 5.02 Å². The minimum atomic E-state index is -4.95. The molecule has 0 saturated heterocycles. The molecule has 1 amide bonds. The Kier molecular flexibility index (Phi) is 4.56. The Morgan fingerprint density at radius 3 is 2.17 bits per heavy atom. The fourth-order valence-electron chi connectivity index (χ4n) is 1.72. The summed E-state index contributed by atoms with van der Waals surface area (Å²) in [6, 6.07) is 2.83. The van der Waals surface area contributed by atoms with Crippen molar-refractivity contribution in [3.63, 3.8) is 0 Å². The van der Waals surface area contributed by atoms with E-state index in [2.05, 4.69) is 0 Å². The van der Waals surface area contributed by atoms with E-state index in [1.165, 1.54) is 0 Å². The third-order valence-electron chi connectivity index (χ3n) is 2.78. The van der Waals surface area contributed by atoms with Crippen molar-refractivity contribution in [2.75, 3.05) is 5.32 Å². The summed E-state index contributed by atoms with van der Waals surface area (Å²) in [5, 5.41) is 1.58. The molecule has 0 fully saturated rings. The highest BCUT2D eigenvalue weighted by Crippen LogP contribution is 2.33. The van der Waals surface area contributed by atoms with Gasteiger partial charge in [-0.1, -0.05) is 11.6 Å². The normalized spacial score (nSPS) is 11.4. The monoisotopic (exact) mass is 353 g/mol. The number of alkyl halides is 3. The lowest BCUT2D eigenvalue weighted by Gasteiger charge is -2.11. The SMILES string of the molecule is O=C(Nc1ccc(F)c(C(F)(F)F)c1)c1cc(F)c(F)cc1Cl. The van der Waals surface area contributed by atoms with Gasteiger partial charge in [-0.3, -0.25) is 4.79 Å². The molecule has 2 rings (SSSR count). The lowest BCUT2D eigenvalue weighted by atomic mass is 10.1. The van der Waals surface area contributed by atoms with Crippen molar-refractivity contribution in [2.24, 2.45) is 0 Å². The van der Waals surface area contributed by atoms with Crippen LogP contribution in [-0.4, -0.2) is 5.91 Å². The van der Waals surface area contributed by atoms with Crippen LogP contribution in [0.25, 0.3) is 0 Å². The van der Waals surface area contributed by atoms with Gasteiger partial charge in [0.1, 0.15) is 5.82 Å². The van der Waals surface area contributed by atoms with Crippen LogP contribution >= 0.6 is 11.6 Å². The van der Waals surface area contributed by atoms with Crippen molar-refractivity contribution in [1.29, 1.82) is 0 Å². The molecule has 0 heterocycles. The van der Waals surface area contributed by atoms with E-state index in [1.54, 1.807) is 0 Å². The Morgan fingerprint density at radius 2 is 1.57 bits per heavy atom. The number of carbonyl (C=O) groups excluding carboxylic acids is 1. The summed E-state index contributed by atoms with van der Waals surface area (Å²) in [6.45, 7) is 0. The highest BCUT2D eigenvalue weighted by Gasteiger charge is 2.34. The van der Waals surface area contributed by atoms with Gasteiger partial charge < -0.3 is 5.32 Å². The zero-order valence-electron chi connectivity index (χ0n) is 10.9. The van der Waals surface area contributed by atoms with Crippen LogP contribution in [-0.2, 0) is 6.18 Å². The van der Waals surface area contributed by atoms with Crippen LogP contribution in [0.15, 0.2) is 30.3 Å². The first kappa shape index (κ1) is 17.1. The number of rotatable bonds is 2. The van der Waals surface area contributed by atoms with Crippen molar-refractivity contribution in [1.82, 2.24) is 0 Å². The predicted octanol–water partition coefficient (Wildman–Crippen LogP) is 5.03. The van der Waals surface area contributed by atoms with E-state index >= 15 is 0 Å². The molecule has 0 aliphatic rings. The number of amides is 1. The Balaban J connectivity index is 2.33. The van der Waals surface area contributed by atoms with Crippen LogP contribution in [0, 0.1) is 17.5 Å². The van der Waals surface area contributed by atoms with Gasteiger partial charge in [0.25, 0.3) is 5.91 Å². The Morgan fingerprint density at radius 1 is 0.957 bits per heavy atom. The molecule has 122 valence electrons. The zero-order chi connectivity index (χ0) is 17.4. The summed E-state index contributed by atoms with van der Waals surface area (Å²) in [5.74, 6) is -5.22. The van der Waals surface area contributed by atoms with Crippen molar-refractivity contribution in [2.45, 2.75) is 6.18 Å². The van der Waals surface area contributed by atoms with Gasteiger partial charge in [-0.25, -0.2) is 13.2 Å². The van der Waals surface area contributed by atoms with E-state index in [4.69, 9.17) is 11.6 Å². The van der Waals surface area contributed by atoms with Gasteiger partial charge in [-0.05, 0) is 30.3 Å². The molecular weight excluding hydrogens is 348 g/mol. The van der Waals surface area contributed by atoms with Gasteiger partial charge >= 0.3 is 6.18 Å². The first-order chi connectivity index (χ1) is 10.6. The first-order valence-electron chi connectivity index (χ1n) is 5.92. The number of halogens is 7. The second kappa shape index (κ2) is 6.11. The Labute approximate surface area is 130 Å². The molecule has 2 nitrogen and oxygen atoms in total. The molecule has 0 saturated carbocycles. The van der Waals surface area contributed by atoms with Crippen LogP contribution < -0.4 is 5.32 Å². The fraction of sp³-hybridized carbons (Fsp3) is 0.0714. The molecule has 0 atom stereocenters. The summed E-state index contributed by atoms with van der Waals surface area (Å²) >= 11 is 5.58. The van der Waals surface area contributed by atoms with Gasteiger partial charge in [0.15, 0.2) is 11.6 Å². The number of carbonyl (C=O) groups is 1. The van der Waals surface area contributed by atoms with Gasteiger partial charge in [-0.2, -0.15) is 13.2 Å². The minimum absolute atomic E-state index is 0.376. The maximum atomic E-state index is 13.1. The molecule has 23 heavy (non-hydrogen) atoms. The number of benzene rings is 2. The van der Waals surface area contributed by atoms with Gasteiger partial charge in [-0.15, -0.1) is 0 Å². The Bertz CT molecular complexity index is 775. The average Bonchev–Trinajstić information content (AvgIpc) is 2.43. The lowest BCUT2D eigenvalue weighted by molar-refractivity contribution is -0.139. The second-order valence-electron chi connectivity index (χ2n) is 4.39. The van der Waals surface area contributed by atoms with Crippen molar-refractivity contribution < 1.29 is 31.1 Å². The average molecular weight is 354 g/mol. The van der Waals surface area contributed by atoms with Crippen molar-refractivity contribution in [3.8, 4) is 0 Å². The van der Waals surface area contributed by atoms with E-state index in [1.807, 2.05) is 5.32 Å². The van der Waals surface area contributed by atoms with Gasteiger partial charge in [0.2, 0.25) is 0 Å². The molecular formula is C14H6ClF6NO. The van der Waals surface area contributed by atoms with Gasteiger partial charge in [0, 0.05) is 5.69 Å². The van der Waals surface area contributed by atoms with Crippen LogP contribution in [0.1, 0.15) is 15.9 Å². The molecule has 0 bridgehead atoms. The Hall–Kier alpha value is -2.22. The summed E-state index contributed by atoms with van der Waals surface area (Å²) < 4.78 is 76.9. The highest BCUT2D eigenvalue weighted by molar-refractivity contribution is 6.34. The quantitative estimate of drug-likeness (QED) is 0.595. The molecule has 2 aromatic carbocycles. The number of hydrogen-bond acceptors (Lipinski definition) is 1. The molecule has 0 aliphatic carbocycles. The number of nitrogens with one attached hydrogen (secondary N) is 1. The minimum Gasteiger partial charge on any atom is -0.322 e. The van der Waals surface area contributed by atoms with Gasteiger partial charge in [0.05, 0.1) is 16.1 Å². The summed E-state index contributed by atoms with van der Waals surface area (Å²) in [4.78, 5) is 11.9. The predicted molar refractivity (Wildman–Crippen MR) is 70.7 cm³/mol. The molecule has 0 aliphatic heterocycles. The lowest BCUT2D eigenvalue weighted by Crippen LogP contribution is -2.15. The molecule has 0 unspecified atom stereocenters. The van der Waals surface area contributed by atoms with Crippen LogP contribution in [0.5, 0.6) is 0 Å². The zero-order valence-corrected chi connectivity index (χ0v) is 11.7. The van der Waals surface area contributed by atoms with E-state index < -0.39 is 45.7 Å². The van der Waals surface area contributed by atoms with Crippen LogP contribution in [0.3, 0.4) is 0 Å². The molecule has 0 aromatic heterocycles. The maximum Gasteiger partial charge on any atom is 0.419 e. The highest BCUT2D eigenvalue weighted by atomic mass is 35.5. The topological polar surface area (TPSA) is 29.1 Å². The summed E-state index contributed by atoms with van der Waals surface area (Å²) in [6.07, 6.45) is -4.95. The number of hydrogen-bond donors (Lipinski definition) is 1. The van der Waals surface area contributed by atoms with E-state index in [-0.39, 0.29) is 5.69 Å². The second-order valence-corrected chi connectivity index (χ2v) is 4.80. The van der Waals surface area contributed by atoms with Crippen molar-refractivity contribution >= 4 is 23.2 Å². The third kappa shape index (κ3) is 3.76. The standard InChI is InChI=1S/C14H6ClF6NO/c15-9-5-12(18)11(17)4-7(9)13(23)22-6-1-2-10(16)8(3-6)14(19,20)21/h1-5H,(H,22,23). The van der Waals surface area contributed by atoms with E-state index in [9.17, 15) is 31.1 Å². The van der Waals surface area contributed by atoms with E-state index in [0.717, 1.165) is 6.07 Å². The smallest absolute Gasteiger partial charge is 0.322 e. The largest absolute Gasteiger partial charge is 0.419 e. The molecule has 9 heteroatoms. The fourth-order valence-corrected chi connectivity index (χ4v) is 1.95. The van der Waals surface area contributed by atoms with Crippen LogP contribution in [0.4, 0.5) is 32.0 Å². The molecule has 0 spiro atoms.